The highest BCUT2D eigenvalue weighted by Crippen LogP contribution is 2.24. The van der Waals surface area contributed by atoms with E-state index in [0.717, 1.165) is 4.90 Å². The first-order chi connectivity index (χ1) is 13.2. The van der Waals surface area contributed by atoms with Crippen molar-refractivity contribution in [3.05, 3.63) is 24.3 Å². The number of nitrogens with one attached hydrogen (secondary N) is 2. The van der Waals surface area contributed by atoms with Gasteiger partial charge in [0.25, 0.3) is 0 Å². The second-order valence-electron chi connectivity index (χ2n) is 7.94. The van der Waals surface area contributed by atoms with Gasteiger partial charge in [0, 0.05) is 0 Å². The molecule has 0 aliphatic rings. The quantitative estimate of drug-likeness (QED) is 0.395. The molecule has 0 heterocycles. The summed E-state index contributed by atoms with van der Waals surface area (Å²) in [4.78, 5) is 26.1. The van der Waals surface area contributed by atoms with Gasteiger partial charge in [-0.05, 0) is 59.7 Å². The molecular formula is C19H26N6O4. The van der Waals surface area contributed by atoms with Crippen molar-refractivity contribution in [3.8, 4) is 6.07 Å². The molecule has 1 rings (SSSR count). The Morgan fingerprint density at radius 2 is 1.66 bits per heavy atom. The Morgan fingerprint density at radius 1 is 1.14 bits per heavy atom. The first kappa shape index (κ1) is 23.4. The summed E-state index contributed by atoms with van der Waals surface area (Å²) in [5.74, 6) is -0.500. The maximum atomic E-state index is 12.7. The van der Waals surface area contributed by atoms with Gasteiger partial charge in [0.2, 0.25) is 5.71 Å². The van der Waals surface area contributed by atoms with Crippen LogP contribution in [0.4, 0.5) is 21.0 Å². The number of carbonyl (C=O) groups is 2. The van der Waals surface area contributed by atoms with E-state index in [0.29, 0.717) is 5.69 Å². The zero-order valence-electron chi connectivity index (χ0n) is 17.4. The number of imide groups is 1. The molecule has 0 aromatic heterocycles. The van der Waals surface area contributed by atoms with E-state index in [2.05, 4.69) is 10.5 Å². The van der Waals surface area contributed by atoms with Crippen LogP contribution in [0.3, 0.4) is 0 Å². The lowest BCUT2D eigenvalue weighted by molar-refractivity contribution is 0.0431. The molecule has 0 fully saturated rings. The molecule has 0 aliphatic carbocycles. The summed E-state index contributed by atoms with van der Waals surface area (Å²) in [7, 11) is 0. The Hall–Kier alpha value is -3.61. The summed E-state index contributed by atoms with van der Waals surface area (Å²) in [6, 6.07) is 7.78. The van der Waals surface area contributed by atoms with Crippen molar-refractivity contribution < 1.29 is 19.1 Å². The predicted octanol–water partition coefficient (Wildman–Crippen LogP) is 3.59. The van der Waals surface area contributed by atoms with Crippen molar-refractivity contribution >= 4 is 35.1 Å². The average Bonchev–Trinajstić information content (AvgIpc) is 2.52. The standard InChI is InChI=1S/C19H26N6O4/c1-18(2,3)28-16(26)25(17(27)29-19(4,5)6)13-9-7-8-12(10-13)23-24-14(11-20)15(21)22/h7-10,23H,1-6H3,(H3,21,22)/b24-14+. The van der Waals surface area contributed by atoms with Gasteiger partial charge >= 0.3 is 12.2 Å². The van der Waals surface area contributed by atoms with Crippen LogP contribution in [0.5, 0.6) is 0 Å². The molecule has 0 unspecified atom stereocenters. The first-order valence-corrected chi connectivity index (χ1v) is 8.68. The van der Waals surface area contributed by atoms with Gasteiger partial charge in [-0.15, -0.1) is 0 Å². The van der Waals surface area contributed by atoms with Crippen LogP contribution in [0.2, 0.25) is 0 Å². The number of benzene rings is 1. The summed E-state index contributed by atoms with van der Waals surface area (Å²) in [5, 5.41) is 19.9. The number of hydrogen-bond donors (Lipinski definition) is 3. The number of hydrazone groups is 1. The van der Waals surface area contributed by atoms with Gasteiger partial charge in [0.05, 0.1) is 11.4 Å². The smallest absolute Gasteiger partial charge is 0.424 e. The zero-order valence-corrected chi connectivity index (χ0v) is 17.4. The van der Waals surface area contributed by atoms with Crippen LogP contribution in [-0.2, 0) is 9.47 Å². The van der Waals surface area contributed by atoms with Crippen molar-refractivity contribution in [3.63, 3.8) is 0 Å². The second-order valence-corrected chi connectivity index (χ2v) is 7.94. The van der Waals surface area contributed by atoms with E-state index in [-0.39, 0.29) is 11.4 Å². The molecule has 1 aromatic rings. The highest BCUT2D eigenvalue weighted by atomic mass is 16.6. The molecule has 0 saturated carbocycles. The molecule has 0 bridgehead atoms. The Bertz CT molecular complexity index is 831. The minimum absolute atomic E-state index is 0.162. The minimum Gasteiger partial charge on any atom is -0.443 e. The van der Waals surface area contributed by atoms with Crippen molar-refractivity contribution in [1.82, 2.24) is 0 Å². The third-order valence-corrected chi connectivity index (χ3v) is 2.91. The van der Waals surface area contributed by atoms with Crippen LogP contribution < -0.4 is 16.1 Å². The summed E-state index contributed by atoms with van der Waals surface area (Å²) in [6.45, 7) is 10.1. The lowest BCUT2D eigenvalue weighted by Crippen LogP contribution is -2.43. The molecule has 0 radical (unpaired) electrons. The van der Waals surface area contributed by atoms with E-state index < -0.39 is 29.2 Å². The molecule has 0 saturated heterocycles. The number of rotatable bonds is 4. The van der Waals surface area contributed by atoms with Crippen LogP contribution in [0.1, 0.15) is 41.5 Å². The predicted molar refractivity (Wildman–Crippen MR) is 110 cm³/mol. The third-order valence-electron chi connectivity index (χ3n) is 2.91. The van der Waals surface area contributed by atoms with E-state index in [9.17, 15) is 9.59 Å². The van der Waals surface area contributed by atoms with Crippen LogP contribution in [0, 0.1) is 16.7 Å². The topological polar surface area (TPSA) is 154 Å². The first-order valence-electron chi connectivity index (χ1n) is 8.68. The maximum absolute atomic E-state index is 12.7. The molecule has 0 spiro atoms. The zero-order chi connectivity index (χ0) is 22.4. The van der Waals surface area contributed by atoms with Crippen molar-refractivity contribution in [2.75, 3.05) is 10.3 Å². The number of nitriles is 1. The largest absolute Gasteiger partial charge is 0.443 e. The van der Waals surface area contributed by atoms with Crippen LogP contribution >= 0.6 is 0 Å². The second kappa shape index (κ2) is 9.05. The van der Waals surface area contributed by atoms with Gasteiger partial charge in [-0.2, -0.15) is 15.3 Å². The normalized spacial score (nSPS) is 11.8. The number of anilines is 2. The molecule has 1 aromatic carbocycles. The number of ether oxygens (including phenoxy) is 2. The van der Waals surface area contributed by atoms with E-state index in [1.165, 1.54) is 12.1 Å². The fourth-order valence-electron chi connectivity index (χ4n) is 1.88. The van der Waals surface area contributed by atoms with E-state index in [1.807, 2.05) is 0 Å². The Labute approximate surface area is 169 Å². The van der Waals surface area contributed by atoms with Gasteiger partial charge in [-0.3, -0.25) is 10.8 Å². The third kappa shape index (κ3) is 7.88. The van der Waals surface area contributed by atoms with Gasteiger partial charge in [-0.1, -0.05) is 6.07 Å². The van der Waals surface area contributed by atoms with E-state index in [4.69, 9.17) is 25.9 Å². The number of amides is 2. The van der Waals surface area contributed by atoms with Crippen LogP contribution in [0.15, 0.2) is 29.4 Å². The monoisotopic (exact) mass is 402 g/mol. The lowest BCUT2D eigenvalue weighted by Gasteiger charge is -2.28. The Morgan fingerprint density at radius 3 is 2.07 bits per heavy atom. The van der Waals surface area contributed by atoms with Gasteiger partial charge in [0.15, 0.2) is 5.84 Å². The molecule has 10 heteroatoms. The highest BCUT2D eigenvalue weighted by molar-refractivity contribution is 6.45. The summed E-state index contributed by atoms with van der Waals surface area (Å²) < 4.78 is 10.7. The van der Waals surface area contributed by atoms with Crippen molar-refractivity contribution in [2.45, 2.75) is 52.7 Å². The van der Waals surface area contributed by atoms with Crippen LogP contribution in [0.25, 0.3) is 0 Å². The molecular weight excluding hydrogens is 376 g/mol. The van der Waals surface area contributed by atoms with Gasteiger partial charge in [-0.25, -0.2) is 9.59 Å². The number of nitrogens with two attached hydrogens (primary N) is 1. The molecule has 10 nitrogen and oxygen atoms in total. The maximum Gasteiger partial charge on any atom is 0.424 e. The lowest BCUT2D eigenvalue weighted by atomic mass is 10.2. The number of nitrogens with zero attached hydrogens (tertiary/aromatic N) is 3. The van der Waals surface area contributed by atoms with E-state index in [1.54, 1.807) is 59.7 Å². The fourth-order valence-corrected chi connectivity index (χ4v) is 1.88. The fraction of sp³-hybridized carbons (Fsp3) is 0.421. The summed E-state index contributed by atoms with van der Waals surface area (Å²) >= 11 is 0. The summed E-state index contributed by atoms with van der Waals surface area (Å²) in [6.07, 6.45) is -1.82. The SMILES string of the molecule is CC(C)(C)OC(=O)N(C(=O)OC(C)(C)C)c1cccc(N/N=C(\C#N)C(=N)N)c1. The van der Waals surface area contributed by atoms with E-state index >= 15 is 0 Å². The number of carbonyl (C=O) groups excluding carboxylic acids is 2. The van der Waals surface area contributed by atoms with Crippen molar-refractivity contribution in [2.24, 2.45) is 10.8 Å². The number of hydrogen-bond acceptors (Lipinski definition) is 8. The molecule has 4 N–H and O–H groups in total. The van der Waals surface area contributed by atoms with Crippen molar-refractivity contribution in [1.29, 1.82) is 10.7 Å². The van der Waals surface area contributed by atoms with Gasteiger partial charge in [0.1, 0.15) is 17.3 Å². The Balaban J connectivity index is 3.28. The molecule has 2 amide bonds. The minimum atomic E-state index is -0.908. The Kier molecular flexibility index (Phi) is 7.31. The number of amidine groups is 1. The molecule has 156 valence electrons. The molecule has 0 aliphatic heterocycles. The summed E-state index contributed by atoms with van der Waals surface area (Å²) in [5.41, 5.74) is 6.33. The molecule has 29 heavy (non-hydrogen) atoms. The van der Waals surface area contributed by atoms with Crippen LogP contribution in [-0.4, -0.2) is 34.9 Å². The van der Waals surface area contributed by atoms with Gasteiger partial charge < -0.3 is 15.2 Å². The highest BCUT2D eigenvalue weighted by Gasteiger charge is 2.32. The molecule has 0 atom stereocenters. The average molecular weight is 402 g/mol.